The molecule has 1 aliphatic carbocycles. The highest BCUT2D eigenvalue weighted by molar-refractivity contribution is 7.91. The van der Waals surface area contributed by atoms with E-state index in [-0.39, 0.29) is 17.5 Å². The number of nitrogens with zero attached hydrogens (tertiary/aromatic N) is 3. The van der Waals surface area contributed by atoms with E-state index in [0.29, 0.717) is 18.4 Å². The van der Waals surface area contributed by atoms with Crippen LogP contribution in [0.4, 0.5) is 11.9 Å². The van der Waals surface area contributed by atoms with Crippen LogP contribution in [0.2, 0.25) is 0 Å². The Labute approximate surface area is 106 Å². The summed E-state index contributed by atoms with van der Waals surface area (Å²) in [6, 6.07) is 0.445. The first kappa shape index (κ1) is 11.8. The van der Waals surface area contributed by atoms with E-state index in [1.807, 2.05) is 6.92 Å². The Morgan fingerprint density at radius 2 is 2.22 bits per heavy atom. The van der Waals surface area contributed by atoms with Crippen molar-refractivity contribution in [3.05, 3.63) is 0 Å². The summed E-state index contributed by atoms with van der Waals surface area (Å²) in [5.74, 6) is 1.04. The second kappa shape index (κ2) is 3.59. The summed E-state index contributed by atoms with van der Waals surface area (Å²) in [7, 11) is -2.98. The highest BCUT2D eigenvalue weighted by Gasteiger charge is 2.42. The molecule has 1 saturated heterocycles. The molecule has 1 aromatic rings. The van der Waals surface area contributed by atoms with Crippen molar-refractivity contribution in [3.8, 4) is 0 Å². The Hall–Kier alpha value is -1.31. The van der Waals surface area contributed by atoms with Crippen molar-refractivity contribution in [2.45, 2.75) is 37.8 Å². The van der Waals surface area contributed by atoms with Crippen LogP contribution in [-0.4, -0.2) is 40.7 Å². The van der Waals surface area contributed by atoms with Gasteiger partial charge in [0, 0.05) is 6.04 Å². The second-order valence-electron chi connectivity index (χ2n) is 5.46. The highest BCUT2D eigenvalue weighted by Crippen LogP contribution is 2.32. The molecule has 1 aliphatic heterocycles. The zero-order valence-electron chi connectivity index (χ0n) is 10.3. The fraction of sp³-hybridized carbons (Fsp3) is 0.800. The van der Waals surface area contributed by atoms with Gasteiger partial charge in [0.05, 0.1) is 17.0 Å². The topological polar surface area (TPSA) is 103 Å². The highest BCUT2D eigenvalue weighted by atomic mass is 32.2. The van der Waals surface area contributed by atoms with Crippen molar-refractivity contribution in [2.75, 3.05) is 22.6 Å². The van der Waals surface area contributed by atoms with Crippen LogP contribution in [0.3, 0.4) is 0 Å². The average Bonchev–Trinajstić information content (AvgIpc) is 2.91. The van der Waals surface area contributed by atoms with Crippen molar-refractivity contribution in [2.24, 2.45) is 0 Å². The molecule has 1 aromatic heterocycles. The zero-order valence-corrected chi connectivity index (χ0v) is 11.1. The first-order chi connectivity index (χ1) is 8.38. The third kappa shape index (κ3) is 2.05. The van der Waals surface area contributed by atoms with Gasteiger partial charge < -0.3 is 11.1 Å². The molecular weight excluding hydrogens is 254 g/mol. The minimum atomic E-state index is -2.98. The average molecular weight is 271 g/mol. The molecule has 0 aromatic carbocycles. The van der Waals surface area contributed by atoms with Gasteiger partial charge in [0.2, 0.25) is 11.9 Å². The molecule has 3 N–H and O–H groups in total. The Morgan fingerprint density at radius 3 is 2.78 bits per heavy atom. The maximum atomic E-state index is 11.6. The first-order valence-electron chi connectivity index (χ1n) is 6.08. The summed E-state index contributed by atoms with van der Waals surface area (Å²) < 4.78 is 24.8. The van der Waals surface area contributed by atoms with Crippen LogP contribution >= 0.6 is 0 Å². The number of nitrogen functional groups attached to an aromatic ring is 1. The van der Waals surface area contributed by atoms with Crippen molar-refractivity contribution in [3.63, 3.8) is 0 Å². The number of hydrogen-bond donors (Lipinski definition) is 2. The fourth-order valence-corrected chi connectivity index (χ4v) is 4.46. The van der Waals surface area contributed by atoms with E-state index >= 15 is 0 Å². The lowest BCUT2D eigenvalue weighted by atomic mass is 10.0. The number of sulfone groups is 1. The minimum absolute atomic E-state index is 0.0798. The van der Waals surface area contributed by atoms with E-state index in [9.17, 15) is 8.42 Å². The third-order valence-electron chi connectivity index (χ3n) is 3.54. The number of anilines is 2. The Bertz CT molecular complexity index is 577. The molecule has 2 aliphatic rings. The number of nitrogens with two attached hydrogens (primary N) is 1. The molecule has 7 nitrogen and oxygen atoms in total. The number of hydrogen-bond acceptors (Lipinski definition) is 6. The van der Waals surface area contributed by atoms with Crippen molar-refractivity contribution in [1.29, 1.82) is 0 Å². The predicted molar refractivity (Wildman–Crippen MR) is 68.0 cm³/mol. The standard InChI is InChI=1S/C10H17N5O2S/c1-10(4-5-18(16,17)6-10)15-8(11)13-9(14-15)12-7-2-3-7/h7H,2-6H2,1H3,(H3,11,12,13,14). The number of aromatic nitrogens is 3. The summed E-state index contributed by atoms with van der Waals surface area (Å²) >= 11 is 0. The van der Waals surface area contributed by atoms with Gasteiger partial charge >= 0.3 is 0 Å². The van der Waals surface area contributed by atoms with Gasteiger partial charge in [0.1, 0.15) is 0 Å². The molecule has 18 heavy (non-hydrogen) atoms. The molecule has 2 fully saturated rings. The maximum Gasteiger partial charge on any atom is 0.244 e. The molecule has 2 heterocycles. The molecule has 1 unspecified atom stereocenters. The number of nitrogens with one attached hydrogen (secondary N) is 1. The van der Waals surface area contributed by atoms with Gasteiger partial charge in [-0.3, -0.25) is 0 Å². The Morgan fingerprint density at radius 1 is 1.50 bits per heavy atom. The van der Waals surface area contributed by atoms with Crippen LogP contribution in [-0.2, 0) is 15.4 Å². The van der Waals surface area contributed by atoms with Crippen LogP contribution < -0.4 is 11.1 Å². The van der Waals surface area contributed by atoms with Gasteiger partial charge in [-0.25, -0.2) is 13.1 Å². The lowest BCUT2D eigenvalue weighted by molar-refractivity contribution is 0.334. The van der Waals surface area contributed by atoms with E-state index in [0.717, 1.165) is 12.8 Å². The molecule has 0 radical (unpaired) electrons. The van der Waals surface area contributed by atoms with Crippen molar-refractivity contribution >= 4 is 21.7 Å². The summed E-state index contributed by atoms with van der Waals surface area (Å²) in [5, 5.41) is 7.48. The molecule has 0 spiro atoms. The lowest BCUT2D eigenvalue weighted by Crippen LogP contribution is -2.33. The Balaban J connectivity index is 1.89. The molecule has 100 valence electrons. The second-order valence-corrected chi connectivity index (χ2v) is 7.65. The summed E-state index contributed by atoms with van der Waals surface area (Å²) in [6.07, 6.45) is 2.78. The minimum Gasteiger partial charge on any atom is -0.368 e. The number of rotatable bonds is 3. The third-order valence-corrected chi connectivity index (χ3v) is 5.42. The maximum absolute atomic E-state index is 11.6. The SMILES string of the molecule is CC1(n2nc(NC3CC3)nc2N)CCS(=O)(=O)C1. The van der Waals surface area contributed by atoms with E-state index < -0.39 is 15.4 Å². The monoisotopic (exact) mass is 271 g/mol. The predicted octanol–water partition coefficient (Wildman–Crippen LogP) is -0.0317. The van der Waals surface area contributed by atoms with Crippen molar-refractivity contribution in [1.82, 2.24) is 14.8 Å². The van der Waals surface area contributed by atoms with E-state index in [2.05, 4.69) is 15.4 Å². The molecule has 1 atom stereocenters. The van der Waals surface area contributed by atoms with Gasteiger partial charge in [-0.05, 0) is 26.2 Å². The normalized spacial score (nSPS) is 30.5. The summed E-state index contributed by atoms with van der Waals surface area (Å²) in [5.41, 5.74) is 5.28. The van der Waals surface area contributed by atoms with E-state index in [4.69, 9.17) is 5.73 Å². The van der Waals surface area contributed by atoms with Gasteiger partial charge in [0.15, 0.2) is 9.84 Å². The van der Waals surface area contributed by atoms with Crippen LogP contribution in [0.25, 0.3) is 0 Å². The largest absolute Gasteiger partial charge is 0.368 e. The fourth-order valence-electron chi connectivity index (χ4n) is 2.35. The van der Waals surface area contributed by atoms with Crippen LogP contribution in [0, 0.1) is 0 Å². The molecule has 1 saturated carbocycles. The zero-order chi connectivity index (χ0) is 13.0. The van der Waals surface area contributed by atoms with Crippen molar-refractivity contribution < 1.29 is 8.42 Å². The summed E-state index contributed by atoms with van der Waals surface area (Å²) in [6.45, 7) is 1.86. The summed E-state index contributed by atoms with van der Waals surface area (Å²) in [4.78, 5) is 4.15. The van der Waals surface area contributed by atoms with Crippen LogP contribution in [0.1, 0.15) is 26.2 Å². The van der Waals surface area contributed by atoms with Crippen LogP contribution in [0.15, 0.2) is 0 Å². The Kier molecular flexibility index (Phi) is 2.35. The molecule has 0 bridgehead atoms. The molecular formula is C10H17N5O2S. The van der Waals surface area contributed by atoms with Gasteiger partial charge in [0.25, 0.3) is 0 Å². The molecule has 3 rings (SSSR count). The lowest BCUT2D eigenvalue weighted by Gasteiger charge is -2.22. The van der Waals surface area contributed by atoms with Gasteiger partial charge in [-0.2, -0.15) is 4.98 Å². The smallest absolute Gasteiger partial charge is 0.244 e. The van der Waals surface area contributed by atoms with E-state index in [1.54, 1.807) is 4.68 Å². The molecule has 8 heteroatoms. The van der Waals surface area contributed by atoms with Gasteiger partial charge in [-0.1, -0.05) is 0 Å². The molecule has 0 amide bonds. The van der Waals surface area contributed by atoms with E-state index in [1.165, 1.54) is 0 Å². The quantitative estimate of drug-likeness (QED) is 0.800. The first-order valence-corrected chi connectivity index (χ1v) is 7.90. The van der Waals surface area contributed by atoms with Crippen LogP contribution in [0.5, 0.6) is 0 Å². The van der Waals surface area contributed by atoms with Gasteiger partial charge in [-0.15, -0.1) is 5.10 Å².